The van der Waals surface area contributed by atoms with Crippen LogP contribution in [0.25, 0.3) is 0 Å². The molecule has 1 aromatic heterocycles. The van der Waals surface area contributed by atoms with Crippen molar-refractivity contribution in [2.45, 2.75) is 56.9 Å². The van der Waals surface area contributed by atoms with E-state index < -0.39 is 12.1 Å². The summed E-state index contributed by atoms with van der Waals surface area (Å²) in [5, 5.41) is 15.4. The molecule has 4 rings (SSSR count). The monoisotopic (exact) mass is 392 g/mol. The number of rotatable bonds is 6. The van der Waals surface area contributed by atoms with Crippen LogP contribution in [-0.4, -0.2) is 71.1 Å². The summed E-state index contributed by atoms with van der Waals surface area (Å²) in [6, 6.07) is 3.31. The lowest BCUT2D eigenvalue weighted by Crippen LogP contribution is -2.62. The first-order valence-electron chi connectivity index (χ1n) is 9.89. The van der Waals surface area contributed by atoms with Crippen LogP contribution in [0, 0.1) is 0 Å². The molecular formula is C19H28N4O3S. The van der Waals surface area contributed by atoms with Crippen LogP contribution in [0.3, 0.4) is 0 Å². The number of nitrogens with zero attached hydrogens (tertiary/aromatic N) is 2. The van der Waals surface area contributed by atoms with E-state index in [1.54, 1.807) is 4.90 Å². The summed E-state index contributed by atoms with van der Waals surface area (Å²) < 4.78 is 0. The molecule has 2 amide bonds. The highest BCUT2D eigenvalue weighted by Gasteiger charge is 2.46. The van der Waals surface area contributed by atoms with Gasteiger partial charge in [-0.3, -0.25) is 14.5 Å². The first-order valence-corrected chi connectivity index (χ1v) is 10.7. The number of aliphatic hydroxyl groups excluding tert-OH is 1. The van der Waals surface area contributed by atoms with E-state index in [-0.39, 0.29) is 24.5 Å². The molecule has 3 saturated heterocycles. The number of carbonyl (C=O) groups is 2. The van der Waals surface area contributed by atoms with Crippen LogP contribution in [0.5, 0.6) is 0 Å². The SMILES string of the molecule is O=C1N[C@@H](CO)C(=O)N2C[C@@H](NCc3ccc(CN4CCCCC4)s3)C[C@@H]12. The summed E-state index contributed by atoms with van der Waals surface area (Å²) in [5.41, 5.74) is 0. The van der Waals surface area contributed by atoms with Crippen LogP contribution >= 0.6 is 11.3 Å². The molecule has 3 aliphatic rings. The van der Waals surface area contributed by atoms with Crippen molar-refractivity contribution >= 4 is 23.2 Å². The molecule has 3 aliphatic heterocycles. The number of likely N-dealkylation sites (tertiary alicyclic amines) is 1. The molecule has 148 valence electrons. The highest BCUT2D eigenvalue weighted by Crippen LogP contribution is 2.24. The molecule has 1 aromatic rings. The Morgan fingerprint density at radius 1 is 1.19 bits per heavy atom. The Balaban J connectivity index is 1.28. The van der Waals surface area contributed by atoms with Crippen molar-refractivity contribution in [1.82, 2.24) is 20.4 Å². The molecule has 3 fully saturated rings. The van der Waals surface area contributed by atoms with E-state index in [4.69, 9.17) is 0 Å². The highest BCUT2D eigenvalue weighted by atomic mass is 32.1. The van der Waals surface area contributed by atoms with Crippen molar-refractivity contribution in [3.05, 3.63) is 21.9 Å². The minimum absolute atomic E-state index is 0.106. The molecule has 27 heavy (non-hydrogen) atoms. The van der Waals surface area contributed by atoms with Crippen LogP contribution in [0.2, 0.25) is 0 Å². The van der Waals surface area contributed by atoms with E-state index in [1.807, 2.05) is 11.3 Å². The topological polar surface area (TPSA) is 84.9 Å². The third-order valence-corrected chi connectivity index (χ3v) is 6.86. The van der Waals surface area contributed by atoms with Crippen molar-refractivity contribution in [3.8, 4) is 0 Å². The van der Waals surface area contributed by atoms with Gasteiger partial charge >= 0.3 is 0 Å². The molecule has 0 radical (unpaired) electrons. The second kappa shape index (κ2) is 8.26. The van der Waals surface area contributed by atoms with Gasteiger partial charge in [-0.05, 0) is 44.5 Å². The number of amides is 2. The Bertz CT molecular complexity index is 688. The smallest absolute Gasteiger partial charge is 0.248 e. The van der Waals surface area contributed by atoms with E-state index >= 15 is 0 Å². The first kappa shape index (κ1) is 18.9. The Hall–Kier alpha value is -1.48. The van der Waals surface area contributed by atoms with E-state index in [1.165, 1.54) is 42.1 Å². The van der Waals surface area contributed by atoms with Crippen LogP contribution in [-0.2, 0) is 22.7 Å². The number of fused-ring (bicyclic) bond motifs is 1. The van der Waals surface area contributed by atoms with Gasteiger partial charge in [-0.1, -0.05) is 6.42 Å². The number of thiophene rings is 1. The third kappa shape index (κ3) is 4.18. The van der Waals surface area contributed by atoms with Crippen molar-refractivity contribution in [1.29, 1.82) is 0 Å². The Labute approximate surface area is 163 Å². The number of aliphatic hydroxyl groups is 1. The molecule has 4 heterocycles. The zero-order valence-electron chi connectivity index (χ0n) is 15.5. The lowest BCUT2D eigenvalue weighted by atomic mass is 10.1. The zero-order chi connectivity index (χ0) is 18.8. The Morgan fingerprint density at radius 3 is 2.74 bits per heavy atom. The molecule has 0 saturated carbocycles. The maximum Gasteiger partial charge on any atom is 0.248 e. The molecule has 7 nitrogen and oxygen atoms in total. The fourth-order valence-corrected chi connectivity index (χ4v) is 5.33. The Kier molecular flexibility index (Phi) is 5.77. The normalized spacial score (nSPS) is 29.1. The number of hydrogen-bond acceptors (Lipinski definition) is 6. The molecular weight excluding hydrogens is 364 g/mol. The van der Waals surface area contributed by atoms with Crippen LogP contribution in [0.4, 0.5) is 0 Å². The zero-order valence-corrected chi connectivity index (χ0v) is 16.3. The van der Waals surface area contributed by atoms with E-state index in [0.717, 1.165) is 13.1 Å². The molecule has 8 heteroatoms. The molecule has 0 spiro atoms. The first-order chi connectivity index (χ1) is 13.1. The van der Waals surface area contributed by atoms with Gasteiger partial charge in [-0.2, -0.15) is 0 Å². The highest BCUT2D eigenvalue weighted by molar-refractivity contribution is 7.11. The van der Waals surface area contributed by atoms with Crippen molar-refractivity contribution in [2.75, 3.05) is 26.2 Å². The van der Waals surface area contributed by atoms with Crippen molar-refractivity contribution in [2.24, 2.45) is 0 Å². The molecule has 0 unspecified atom stereocenters. The van der Waals surface area contributed by atoms with Gasteiger partial charge in [-0.15, -0.1) is 11.3 Å². The minimum atomic E-state index is -0.790. The molecule has 3 N–H and O–H groups in total. The fraction of sp³-hybridized carbons (Fsp3) is 0.684. The maximum atomic E-state index is 12.3. The maximum absolute atomic E-state index is 12.3. The van der Waals surface area contributed by atoms with Crippen LogP contribution in [0.1, 0.15) is 35.4 Å². The van der Waals surface area contributed by atoms with Crippen molar-refractivity contribution in [3.63, 3.8) is 0 Å². The van der Waals surface area contributed by atoms with Gasteiger partial charge in [0, 0.05) is 35.4 Å². The number of carbonyl (C=O) groups excluding carboxylic acids is 2. The van der Waals surface area contributed by atoms with Gasteiger partial charge in [0.05, 0.1) is 6.61 Å². The summed E-state index contributed by atoms with van der Waals surface area (Å²) in [5.74, 6) is -0.329. The van der Waals surface area contributed by atoms with Gasteiger partial charge in [0.25, 0.3) is 0 Å². The van der Waals surface area contributed by atoms with Gasteiger partial charge < -0.3 is 20.6 Å². The average molecular weight is 393 g/mol. The molecule has 3 atom stereocenters. The van der Waals surface area contributed by atoms with Gasteiger partial charge in [0.1, 0.15) is 12.1 Å². The van der Waals surface area contributed by atoms with E-state index in [0.29, 0.717) is 13.0 Å². The van der Waals surface area contributed by atoms with Gasteiger partial charge in [-0.25, -0.2) is 0 Å². The van der Waals surface area contributed by atoms with Crippen molar-refractivity contribution < 1.29 is 14.7 Å². The number of nitrogens with one attached hydrogen (secondary N) is 2. The average Bonchev–Trinajstić information content (AvgIpc) is 3.31. The second-order valence-corrected chi connectivity index (χ2v) is 9.02. The third-order valence-electron chi connectivity index (χ3n) is 5.79. The lowest BCUT2D eigenvalue weighted by molar-refractivity contribution is -0.148. The number of piperazine rings is 1. The summed E-state index contributed by atoms with van der Waals surface area (Å²) in [7, 11) is 0. The van der Waals surface area contributed by atoms with E-state index in [9.17, 15) is 14.7 Å². The standard InChI is InChI=1S/C19H28N4O3S/c24-12-16-19(26)23-10-13(8-17(23)18(25)21-16)20-9-14-4-5-15(27-14)11-22-6-2-1-3-7-22/h4-5,13,16-17,20,24H,1-3,6-12H2,(H,21,25)/t13-,16-,17-/m0/s1. The number of piperidine rings is 1. The minimum Gasteiger partial charge on any atom is -0.394 e. The lowest BCUT2D eigenvalue weighted by Gasteiger charge is -2.33. The van der Waals surface area contributed by atoms with Crippen LogP contribution < -0.4 is 10.6 Å². The molecule has 0 bridgehead atoms. The van der Waals surface area contributed by atoms with Gasteiger partial charge in [0.15, 0.2) is 0 Å². The summed E-state index contributed by atoms with van der Waals surface area (Å²) >= 11 is 1.84. The molecule has 0 aromatic carbocycles. The van der Waals surface area contributed by atoms with Crippen LogP contribution in [0.15, 0.2) is 12.1 Å². The summed E-state index contributed by atoms with van der Waals surface area (Å²) in [6.45, 7) is 4.39. The number of hydrogen-bond donors (Lipinski definition) is 3. The predicted octanol–water partition coefficient (Wildman–Crippen LogP) is 0.284. The quantitative estimate of drug-likeness (QED) is 0.648. The Morgan fingerprint density at radius 2 is 1.96 bits per heavy atom. The largest absolute Gasteiger partial charge is 0.394 e. The predicted molar refractivity (Wildman–Crippen MR) is 103 cm³/mol. The second-order valence-electron chi connectivity index (χ2n) is 7.77. The van der Waals surface area contributed by atoms with E-state index in [2.05, 4.69) is 27.7 Å². The fourth-order valence-electron chi connectivity index (χ4n) is 4.31. The summed E-state index contributed by atoms with van der Waals surface area (Å²) in [6.07, 6.45) is 4.60. The molecule has 0 aliphatic carbocycles. The summed E-state index contributed by atoms with van der Waals surface area (Å²) in [4.78, 5) is 31.3. The van der Waals surface area contributed by atoms with Gasteiger partial charge in [0.2, 0.25) is 11.8 Å².